The number of aliphatic hydroxyl groups excluding tert-OH is 1. The number of halogens is 1. The molecule has 1 aromatic carbocycles. The topological polar surface area (TPSA) is 92.5 Å². The number of aliphatic hydroxyl groups is 1. The van der Waals surface area contributed by atoms with Gasteiger partial charge in [0.05, 0.1) is 11.0 Å². The number of hydrogen-bond donors (Lipinski definition) is 2. The summed E-state index contributed by atoms with van der Waals surface area (Å²) in [7, 11) is 0. The van der Waals surface area contributed by atoms with Crippen LogP contribution in [0.4, 0.5) is 5.69 Å². The van der Waals surface area contributed by atoms with Crippen LogP contribution in [0.2, 0.25) is 5.02 Å². The molecule has 0 aliphatic heterocycles. The van der Waals surface area contributed by atoms with E-state index in [4.69, 9.17) is 11.6 Å². The summed E-state index contributed by atoms with van der Waals surface area (Å²) >= 11 is 5.63. The van der Waals surface area contributed by atoms with Gasteiger partial charge < -0.3 is 10.4 Å². The lowest BCUT2D eigenvalue weighted by Gasteiger charge is -2.09. The van der Waals surface area contributed by atoms with E-state index in [-0.39, 0.29) is 22.8 Å². The number of benzene rings is 1. The molecule has 0 spiro atoms. The predicted molar refractivity (Wildman–Crippen MR) is 66.7 cm³/mol. The van der Waals surface area contributed by atoms with E-state index in [9.17, 15) is 20.0 Å². The highest BCUT2D eigenvalue weighted by molar-refractivity contribution is 6.32. The maximum Gasteiger partial charge on any atom is 0.288 e. The van der Waals surface area contributed by atoms with Gasteiger partial charge in [0.2, 0.25) is 0 Å². The third-order valence-electron chi connectivity index (χ3n) is 2.37. The molecule has 0 fully saturated rings. The number of nitrogens with zero attached hydrogens (tertiary/aromatic N) is 1. The Labute approximate surface area is 109 Å². The molecule has 1 atom stereocenters. The molecule has 0 saturated heterocycles. The van der Waals surface area contributed by atoms with Crippen molar-refractivity contribution in [2.75, 3.05) is 6.54 Å². The first kappa shape index (κ1) is 14.4. The average Bonchev–Trinajstić information content (AvgIpc) is 2.35. The first-order valence-corrected chi connectivity index (χ1v) is 5.73. The summed E-state index contributed by atoms with van der Waals surface area (Å²) in [5, 5.41) is 22.4. The quantitative estimate of drug-likeness (QED) is 0.631. The van der Waals surface area contributed by atoms with Crippen LogP contribution in [0.3, 0.4) is 0 Å². The first-order valence-electron chi connectivity index (χ1n) is 5.36. The summed E-state index contributed by atoms with van der Waals surface area (Å²) in [4.78, 5) is 21.7. The summed E-state index contributed by atoms with van der Waals surface area (Å²) in [5.41, 5.74) is -0.185. The molecule has 0 heterocycles. The number of carbonyl (C=O) groups is 1. The normalized spacial score (nSPS) is 11.9. The molecule has 7 heteroatoms. The SMILES string of the molecule is CCC(O)CNC(=O)c1ccc(Cl)c([N+](=O)[O-])c1. The minimum absolute atomic E-state index is 0.0230. The van der Waals surface area contributed by atoms with Gasteiger partial charge in [-0.3, -0.25) is 14.9 Å². The first-order chi connectivity index (χ1) is 8.45. The Kier molecular flexibility index (Phi) is 5.06. The van der Waals surface area contributed by atoms with Crippen LogP contribution in [0, 0.1) is 10.1 Å². The van der Waals surface area contributed by atoms with Crippen LogP contribution >= 0.6 is 11.6 Å². The van der Waals surface area contributed by atoms with Gasteiger partial charge >= 0.3 is 0 Å². The van der Waals surface area contributed by atoms with Crippen molar-refractivity contribution in [3.8, 4) is 0 Å². The van der Waals surface area contributed by atoms with E-state index >= 15 is 0 Å². The smallest absolute Gasteiger partial charge is 0.288 e. The van der Waals surface area contributed by atoms with Crippen molar-refractivity contribution in [2.24, 2.45) is 0 Å². The number of carbonyl (C=O) groups excluding carboxylic acids is 1. The Morgan fingerprint density at radius 2 is 2.28 bits per heavy atom. The summed E-state index contributed by atoms with van der Waals surface area (Å²) in [6.07, 6.45) is -0.114. The molecule has 18 heavy (non-hydrogen) atoms. The third kappa shape index (κ3) is 3.68. The van der Waals surface area contributed by atoms with E-state index in [0.717, 1.165) is 6.07 Å². The second-order valence-electron chi connectivity index (χ2n) is 3.70. The van der Waals surface area contributed by atoms with Crippen molar-refractivity contribution in [3.63, 3.8) is 0 Å². The Balaban J connectivity index is 2.80. The van der Waals surface area contributed by atoms with Crippen LogP contribution in [0.15, 0.2) is 18.2 Å². The van der Waals surface area contributed by atoms with E-state index in [1.807, 2.05) is 0 Å². The van der Waals surface area contributed by atoms with Crippen molar-refractivity contribution in [1.29, 1.82) is 0 Å². The number of hydrogen-bond acceptors (Lipinski definition) is 4. The van der Waals surface area contributed by atoms with Gasteiger partial charge in [-0.1, -0.05) is 18.5 Å². The largest absolute Gasteiger partial charge is 0.391 e. The predicted octanol–water partition coefficient (Wildman–Crippen LogP) is 1.75. The second-order valence-corrected chi connectivity index (χ2v) is 4.10. The lowest BCUT2D eigenvalue weighted by atomic mass is 10.2. The molecule has 0 radical (unpaired) electrons. The van der Waals surface area contributed by atoms with E-state index in [1.165, 1.54) is 12.1 Å². The lowest BCUT2D eigenvalue weighted by Crippen LogP contribution is -2.31. The van der Waals surface area contributed by atoms with Gasteiger partial charge in [-0.25, -0.2) is 0 Å². The van der Waals surface area contributed by atoms with Gasteiger partial charge in [-0.15, -0.1) is 0 Å². The number of rotatable bonds is 5. The van der Waals surface area contributed by atoms with Crippen LogP contribution in [0.1, 0.15) is 23.7 Å². The number of amides is 1. The van der Waals surface area contributed by atoms with E-state index in [1.54, 1.807) is 6.92 Å². The zero-order chi connectivity index (χ0) is 13.7. The van der Waals surface area contributed by atoms with Crippen LogP contribution in [-0.4, -0.2) is 28.6 Å². The third-order valence-corrected chi connectivity index (χ3v) is 2.69. The summed E-state index contributed by atoms with van der Waals surface area (Å²) in [6.45, 7) is 1.88. The molecule has 2 N–H and O–H groups in total. The molecular formula is C11H13ClN2O4. The monoisotopic (exact) mass is 272 g/mol. The number of nitrogens with one attached hydrogen (secondary N) is 1. The fourth-order valence-electron chi connectivity index (χ4n) is 1.25. The fraction of sp³-hybridized carbons (Fsp3) is 0.364. The Hall–Kier alpha value is -1.66. The Bertz CT molecular complexity index is 464. The average molecular weight is 273 g/mol. The van der Waals surface area contributed by atoms with Gasteiger partial charge in [-0.05, 0) is 18.6 Å². The Morgan fingerprint density at radius 3 is 2.83 bits per heavy atom. The van der Waals surface area contributed by atoms with Crippen molar-refractivity contribution < 1.29 is 14.8 Å². The number of nitro groups is 1. The lowest BCUT2D eigenvalue weighted by molar-refractivity contribution is -0.384. The van der Waals surface area contributed by atoms with Crippen molar-refractivity contribution in [3.05, 3.63) is 38.9 Å². The molecule has 0 saturated carbocycles. The summed E-state index contributed by atoms with van der Waals surface area (Å²) < 4.78 is 0. The molecule has 0 bridgehead atoms. The minimum Gasteiger partial charge on any atom is -0.391 e. The second kappa shape index (κ2) is 6.32. The summed E-state index contributed by atoms with van der Waals surface area (Å²) in [6, 6.07) is 3.80. The van der Waals surface area contributed by atoms with Gasteiger partial charge in [-0.2, -0.15) is 0 Å². The van der Waals surface area contributed by atoms with Crippen molar-refractivity contribution >= 4 is 23.2 Å². The standard InChI is InChI=1S/C11H13ClN2O4/c1-2-8(15)6-13-11(16)7-3-4-9(12)10(5-7)14(17)18/h3-5,8,15H,2,6H2,1H3,(H,13,16). The maximum atomic E-state index is 11.7. The van der Waals surface area contributed by atoms with Gasteiger partial charge in [0, 0.05) is 18.2 Å². The molecule has 0 aliphatic carbocycles. The van der Waals surface area contributed by atoms with Gasteiger partial charge in [0.1, 0.15) is 5.02 Å². The highest BCUT2D eigenvalue weighted by Crippen LogP contribution is 2.24. The molecule has 6 nitrogen and oxygen atoms in total. The number of nitro benzene ring substituents is 1. The van der Waals surface area contributed by atoms with E-state index in [2.05, 4.69) is 5.32 Å². The zero-order valence-electron chi connectivity index (χ0n) is 9.72. The molecule has 98 valence electrons. The molecule has 1 amide bonds. The molecule has 0 aromatic heterocycles. The highest BCUT2D eigenvalue weighted by Gasteiger charge is 2.16. The highest BCUT2D eigenvalue weighted by atomic mass is 35.5. The van der Waals surface area contributed by atoms with Crippen LogP contribution in [-0.2, 0) is 0 Å². The molecular weight excluding hydrogens is 260 g/mol. The molecule has 1 unspecified atom stereocenters. The van der Waals surface area contributed by atoms with Crippen LogP contribution in [0.5, 0.6) is 0 Å². The molecule has 1 rings (SSSR count). The maximum absolute atomic E-state index is 11.7. The molecule has 1 aromatic rings. The van der Waals surface area contributed by atoms with Gasteiger partial charge in [0.15, 0.2) is 0 Å². The molecule has 0 aliphatic rings. The Morgan fingerprint density at radius 1 is 1.61 bits per heavy atom. The summed E-state index contributed by atoms with van der Waals surface area (Å²) in [5.74, 6) is -0.484. The van der Waals surface area contributed by atoms with Crippen LogP contribution in [0.25, 0.3) is 0 Å². The van der Waals surface area contributed by atoms with Crippen molar-refractivity contribution in [2.45, 2.75) is 19.4 Å². The zero-order valence-corrected chi connectivity index (χ0v) is 10.5. The van der Waals surface area contributed by atoms with Gasteiger partial charge in [0.25, 0.3) is 11.6 Å². The van der Waals surface area contributed by atoms with E-state index < -0.39 is 16.9 Å². The van der Waals surface area contributed by atoms with E-state index in [0.29, 0.717) is 6.42 Å². The minimum atomic E-state index is -0.653. The fourth-order valence-corrected chi connectivity index (χ4v) is 1.44. The van der Waals surface area contributed by atoms with Crippen LogP contribution < -0.4 is 5.32 Å². The van der Waals surface area contributed by atoms with Crippen molar-refractivity contribution in [1.82, 2.24) is 5.32 Å².